The SMILES string of the molecule is CCN(CC)c1ccc(/C=N\Nc2nc(Nc3ccccc3)nc(N3CCOCC3)n2)cc1. The van der Waals surface area contributed by atoms with E-state index in [0.717, 1.165) is 37.4 Å². The number of morpholine rings is 1. The maximum absolute atomic E-state index is 5.46. The number of hydrogen-bond donors (Lipinski definition) is 2. The summed E-state index contributed by atoms with van der Waals surface area (Å²) in [5, 5.41) is 7.59. The lowest BCUT2D eigenvalue weighted by molar-refractivity contribution is 0.122. The van der Waals surface area contributed by atoms with Gasteiger partial charge >= 0.3 is 0 Å². The summed E-state index contributed by atoms with van der Waals surface area (Å²) in [6.07, 6.45) is 1.76. The van der Waals surface area contributed by atoms with Gasteiger partial charge in [-0.05, 0) is 43.7 Å². The van der Waals surface area contributed by atoms with Crippen molar-refractivity contribution in [2.24, 2.45) is 5.10 Å². The highest BCUT2D eigenvalue weighted by atomic mass is 16.5. The van der Waals surface area contributed by atoms with Crippen LogP contribution in [0.5, 0.6) is 0 Å². The molecule has 0 spiro atoms. The van der Waals surface area contributed by atoms with Gasteiger partial charge in [-0.1, -0.05) is 30.3 Å². The number of aromatic nitrogens is 3. The minimum absolute atomic E-state index is 0.376. The average molecular weight is 447 g/mol. The zero-order valence-electron chi connectivity index (χ0n) is 19.1. The van der Waals surface area contributed by atoms with E-state index in [1.807, 2.05) is 42.5 Å². The second kappa shape index (κ2) is 11.2. The minimum atomic E-state index is 0.376. The van der Waals surface area contributed by atoms with Gasteiger partial charge in [0.1, 0.15) is 0 Å². The van der Waals surface area contributed by atoms with Gasteiger partial charge in [0.05, 0.1) is 19.4 Å². The van der Waals surface area contributed by atoms with E-state index in [1.165, 1.54) is 5.69 Å². The van der Waals surface area contributed by atoms with Crippen LogP contribution in [0.25, 0.3) is 0 Å². The quantitative estimate of drug-likeness (QED) is 0.379. The van der Waals surface area contributed by atoms with Crippen LogP contribution < -0.4 is 20.5 Å². The highest BCUT2D eigenvalue weighted by molar-refractivity contribution is 5.80. The van der Waals surface area contributed by atoms with Crippen LogP contribution in [0.2, 0.25) is 0 Å². The Morgan fingerprint density at radius 2 is 1.64 bits per heavy atom. The Kier molecular flexibility index (Phi) is 7.65. The summed E-state index contributed by atoms with van der Waals surface area (Å²) in [6.45, 7) is 9.04. The molecule has 3 aromatic rings. The van der Waals surface area contributed by atoms with Crippen molar-refractivity contribution in [2.45, 2.75) is 13.8 Å². The van der Waals surface area contributed by atoms with Gasteiger partial charge in [-0.3, -0.25) is 0 Å². The standard InChI is InChI=1S/C24H30N8O/c1-3-31(4-2)21-12-10-19(11-13-21)18-25-30-23-27-22(26-20-8-6-5-7-9-20)28-24(29-23)32-14-16-33-17-15-32/h5-13,18H,3-4,14-17H2,1-2H3,(H2,26,27,28,29,30)/b25-18-. The van der Waals surface area contributed by atoms with E-state index in [9.17, 15) is 0 Å². The number of nitrogens with zero attached hydrogens (tertiary/aromatic N) is 6. The zero-order valence-corrected chi connectivity index (χ0v) is 19.1. The molecule has 0 atom stereocenters. The van der Waals surface area contributed by atoms with Crippen LogP contribution in [-0.2, 0) is 4.74 Å². The summed E-state index contributed by atoms with van der Waals surface area (Å²) >= 11 is 0. The third-order valence-corrected chi connectivity index (χ3v) is 5.35. The van der Waals surface area contributed by atoms with E-state index in [0.29, 0.717) is 31.1 Å². The van der Waals surface area contributed by atoms with Gasteiger partial charge in [0.15, 0.2) is 0 Å². The molecule has 1 aliphatic rings. The predicted octanol–water partition coefficient (Wildman–Crippen LogP) is 3.74. The molecule has 0 radical (unpaired) electrons. The summed E-state index contributed by atoms with van der Waals surface area (Å²) in [4.78, 5) is 18.0. The van der Waals surface area contributed by atoms with Crippen molar-refractivity contribution < 1.29 is 4.74 Å². The Morgan fingerprint density at radius 1 is 0.939 bits per heavy atom. The van der Waals surface area contributed by atoms with Crippen LogP contribution in [0.1, 0.15) is 19.4 Å². The summed E-state index contributed by atoms with van der Waals surface area (Å²) in [5.41, 5.74) is 6.05. The van der Waals surface area contributed by atoms with Crippen LogP contribution in [0.3, 0.4) is 0 Å². The van der Waals surface area contributed by atoms with Crippen LogP contribution >= 0.6 is 0 Å². The number of para-hydroxylation sites is 1. The molecule has 1 aliphatic heterocycles. The second-order valence-electron chi connectivity index (χ2n) is 7.51. The molecule has 2 heterocycles. The fraction of sp³-hybridized carbons (Fsp3) is 0.333. The maximum Gasteiger partial charge on any atom is 0.250 e. The molecule has 4 rings (SSSR count). The van der Waals surface area contributed by atoms with Crippen molar-refractivity contribution in [2.75, 3.05) is 59.9 Å². The first-order valence-electron chi connectivity index (χ1n) is 11.3. The lowest BCUT2D eigenvalue weighted by Gasteiger charge is -2.27. The summed E-state index contributed by atoms with van der Waals surface area (Å²) in [6, 6.07) is 18.1. The number of benzene rings is 2. The van der Waals surface area contributed by atoms with Gasteiger partial charge in [0, 0.05) is 37.6 Å². The van der Waals surface area contributed by atoms with Crippen molar-refractivity contribution in [3.8, 4) is 0 Å². The molecule has 9 nitrogen and oxygen atoms in total. The third-order valence-electron chi connectivity index (χ3n) is 5.35. The number of rotatable bonds is 9. The van der Waals surface area contributed by atoms with Crippen molar-refractivity contribution in [1.29, 1.82) is 0 Å². The molecule has 172 valence electrons. The largest absolute Gasteiger partial charge is 0.378 e. The molecule has 0 saturated carbocycles. The molecule has 33 heavy (non-hydrogen) atoms. The van der Waals surface area contributed by atoms with E-state index in [4.69, 9.17) is 4.74 Å². The third kappa shape index (κ3) is 6.17. The summed E-state index contributed by atoms with van der Waals surface area (Å²) in [5.74, 6) is 1.42. The van der Waals surface area contributed by atoms with Crippen LogP contribution in [0.4, 0.5) is 29.2 Å². The fourth-order valence-electron chi connectivity index (χ4n) is 3.55. The molecule has 0 amide bonds. The van der Waals surface area contributed by atoms with Gasteiger partial charge in [-0.15, -0.1) is 0 Å². The first-order chi connectivity index (χ1) is 16.2. The molecule has 2 aromatic carbocycles. The van der Waals surface area contributed by atoms with E-state index in [-0.39, 0.29) is 0 Å². The number of anilines is 5. The first kappa shape index (κ1) is 22.5. The number of hydrogen-bond acceptors (Lipinski definition) is 9. The highest BCUT2D eigenvalue weighted by Gasteiger charge is 2.16. The Hall–Kier alpha value is -3.72. The highest BCUT2D eigenvalue weighted by Crippen LogP contribution is 2.19. The van der Waals surface area contributed by atoms with Gasteiger partial charge in [0.2, 0.25) is 17.8 Å². The fourth-order valence-corrected chi connectivity index (χ4v) is 3.55. The number of nitrogens with one attached hydrogen (secondary N) is 2. The summed E-state index contributed by atoms with van der Waals surface area (Å²) < 4.78 is 5.46. The number of ether oxygens (including phenoxy) is 1. The monoisotopic (exact) mass is 446 g/mol. The van der Waals surface area contributed by atoms with Crippen molar-refractivity contribution in [1.82, 2.24) is 15.0 Å². The Balaban J connectivity index is 1.50. The van der Waals surface area contributed by atoms with E-state index in [2.05, 4.69) is 66.6 Å². The molecule has 0 unspecified atom stereocenters. The van der Waals surface area contributed by atoms with Crippen LogP contribution in [-0.4, -0.2) is 60.6 Å². The smallest absolute Gasteiger partial charge is 0.250 e. The average Bonchev–Trinajstić information content (AvgIpc) is 2.87. The minimum Gasteiger partial charge on any atom is -0.378 e. The molecule has 1 aromatic heterocycles. The number of hydrazone groups is 1. The van der Waals surface area contributed by atoms with Crippen LogP contribution in [0, 0.1) is 0 Å². The van der Waals surface area contributed by atoms with Gasteiger partial charge in [-0.2, -0.15) is 20.1 Å². The second-order valence-corrected chi connectivity index (χ2v) is 7.51. The van der Waals surface area contributed by atoms with Crippen molar-refractivity contribution in [3.63, 3.8) is 0 Å². The first-order valence-corrected chi connectivity index (χ1v) is 11.3. The van der Waals surface area contributed by atoms with E-state index >= 15 is 0 Å². The molecule has 0 bridgehead atoms. The molecular formula is C24H30N8O. The summed E-state index contributed by atoms with van der Waals surface area (Å²) in [7, 11) is 0. The topological polar surface area (TPSA) is 90.8 Å². The Labute approximate surface area is 194 Å². The normalized spacial score (nSPS) is 13.8. The van der Waals surface area contributed by atoms with Gasteiger partial charge in [-0.25, -0.2) is 5.43 Å². The molecule has 0 aliphatic carbocycles. The lowest BCUT2D eigenvalue weighted by atomic mass is 10.2. The van der Waals surface area contributed by atoms with Gasteiger partial charge < -0.3 is 19.9 Å². The lowest BCUT2D eigenvalue weighted by Crippen LogP contribution is -2.37. The van der Waals surface area contributed by atoms with Gasteiger partial charge in [0.25, 0.3) is 0 Å². The maximum atomic E-state index is 5.46. The van der Waals surface area contributed by atoms with Crippen molar-refractivity contribution in [3.05, 3.63) is 60.2 Å². The van der Waals surface area contributed by atoms with E-state index < -0.39 is 0 Å². The molecular weight excluding hydrogens is 416 g/mol. The molecule has 9 heteroatoms. The molecule has 1 fully saturated rings. The predicted molar refractivity (Wildman–Crippen MR) is 134 cm³/mol. The van der Waals surface area contributed by atoms with E-state index in [1.54, 1.807) is 6.21 Å². The Morgan fingerprint density at radius 3 is 2.33 bits per heavy atom. The zero-order chi connectivity index (χ0) is 22.9. The Bertz CT molecular complexity index is 1030. The van der Waals surface area contributed by atoms with Crippen molar-refractivity contribution >= 4 is 35.4 Å². The molecule has 1 saturated heterocycles. The molecule has 2 N–H and O–H groups in total. The van der Waals surface area contributed by atoms with Crippen LogP contribution in [0.15, 0.2) is 59.7 Å².